The van der Waals surface area contributed by atoms with Gasteiger partial charge in [0.25, 0.3) is 0 Å². The summed E-state index contributed by atoms with van der Waals surface area (Å²) in [5, 5.41) is 0.0481. The third-order valence-electron chi connectivity index (χ3n) is 5.41. The van der Waals surface area contributed by atoms with Crippen LogP contribution in [0.25, 0.3) is 0 Å². The Hall–Kier alpha value is -1.36. The normalized spacial score (nSPS) is 16.4. The molecule has 158 valence electrons. The first-order chi connectivity index (χ1) is 13.7. The highest BCUT2D eigenvalue weighted by molar-refractivity contribution is 7.99. The number of ether oxygens (including phenoxy) is 2. The fraction of sp³-hybridized carbons (Fsp3) is 0.696. The number of hydrogen-bond donors (Lipinski definition) is 0. The van der Waals surface area contributed by atoms with Crippen molar-refractivity contribution < 1.29 is 14.3 Å². The molecule has 0 aliphatic carbocycles. The lowest BCUT2D eigenvalue weighted by Crippen LogP contribution is -2.30. The summed E-state index contributed by atoms with van der Waals surface area (Å²) in [6.07, 6.45) is 12.1. The van der Waals surface area contributed by atoms with Gasteiger partial charge in [-0.1, -0.05) is 58.3 Å². The second kappa shape index (κ2) is 13.0. The fourth-order valence-electron chi connectivity index (χ4n) is 3.74. The Balaban J connectivity index is 1.77. The minimum Gasteiger partial charge on any atom is -0.497 e. The molecule has 4 nitrogen and oxygen atoms in total. The Labute approximate surface area is 175 Å². The van der Waals surface area contributed by atoms with E-state index in [0.717, 1.165) is 42.2 Å². The summed E-state index contributed by atoms with van der Waals surface area (Å²) < 4.78 is 10.9. The number of benzene rings is 1. The van der Waals surface area contributed by atoms with E-state index >= 15 is 0 Å². The molecule has 1 atom stereocenters. The Kier molecular flexibility index (Phi) is 10.6. The first-order valence-electron chi connectivity index (χ1n) is 10.8. The monoisotopic (exact) mass is 407 g/mol. The van der Waals surface area contributed by atoms with Crippen molar-refractivity contribution in [2.45, 2.75) is 76.5 Å². The van der Waals surface area contributed by atoms with Gasteiger partial charge in [-0.3, -0.25) is 4.79 Å². The van der Waals surface area contributed by atoms with Crippen molar-refractivity contribution in [3.05, 3.63) is 23.8 Å². The highest BCUT2D eigenvalue weighted by atomic mass is 32.2. The van der Waals surface area contributed by atoms with Crippen molar-refractivity contribution >= 4 is 17.7 Å². The van der Waals surface area contributed by atoms with E-state index < -0.39 is 0 Å². The fourth-order valence-corrected chi connectivity index (χ4v) is 5.04. The van der Waals surface area contributed by atoms with Gasteiger partial charge < -0.3 is 14.4 Å². The lowest BCUT2D eigenvalue weighted by Gasteiger charge is -2.25. The third kappa shape index (κ3) is 6.91. The van der Waals surface area contributed by atoms with Crippen LogP contribution in [-0.2, 0) is 4.79 Å². The van der Waals surface area contributed by atoms with E-state index in [2.05, 4.69) is 6.92 Å². The maximum absolute atomic E-state index is 12.8. The van der Waals surface area contributed by atoms with Gasteiger partial charge in [0, 0.05) is 30.3 Å². The molecule has 1 aliphatic heterocycles. The number of amides is 1. The maximum Gasteiger partial charge on any atom is 0.223 e. The van der Waals surface area contributed by atoms with Gasteiger partial charge in [0.2, 0.25) is 5.91 Å². The highest BCUT2D eigenvalue weighted by Gasteiger charge is 2.32. The van der Waals surface area contributed by atoms with Crippen molar-refractivity contribution in [2.24, 2.45) is 0 Å². The van der Waals surface area contributed by atoms with Crippen molar-refractivity contribution in [2.75, 3.05) is 26.5 Å². The zero-order chi connectivity index (χ0) is 20.2. The molecule has 1 aromatic carbocycles. The summed E-state index contributed by atoms with van der Waals surface area (Å²) in [6.45, 7) is 3.08. The van der Waals surface area contributed by atoms with Crippen LogP contribution in [0.4, 0.5) is 0 Å². The lowest BCUT2D eigenvalue weighted by molar-refractivity contribution is -0.131. The second-order valence-electron chi connectivity index (χ2n) is 7.50. The molecular formula is C23H37NO3S. The van der Waals surface area contributed by atoms with E-state index in [1.54, 1.807) is 14.2 Å². The van der Waals surface area contributed by atoms with E-state index in [0.29, 0.717) is 6.42 Å². The number of carbonyl (C=O) groups excluding carboxylic acids is 1. The summed E-state index contributed by atoms with van der Waals surface area (Å²) in [6, 6.07) is 5.87. The molecule has 0 unspecified atom stereocenters. The van der Waals surface area contributed by atoms with Crippen LogP contribution in [0.5, 0.6) is 11.5 Å². The van der Waals surface area contributed by atoms with E-state index in [-0.39, 0.29) is 11.3 Å². The Morgan fingerprint density at radius 2 is 1.71 bits per heavy atom. The number of thioether (sulfide) groups is 1. The molecule has 1 fully saturated rings. The standard InChI is InChI=1S/C23H37NO3S/c1-4-5-6-7-8-9-10-11-12-13-22(25)24-16-17-28-23(24)20-15-14-19(26-2)18-21(20)27-3/h14-15,18,23H,4-13,16-17H2,1-3H3/t23-/m0/s1. The van der Waals surface area contributed by atoms with Crippen LogP contribution in [0.3, 0.4) is 0 Å². The summed E-state index contributed by atoms with van der Waals surface area (Å²) in [5.41, 5.74) is 1.06. The number of unbranched alkanes of at least 4 members (excludes halogenated alkanes) is 8. The zero-order valence-corrected chi connectivity index (χ0v) is 18.7. The van der Waals surface area contributed by atoms with Crippen LogP contribution in [0.1, 0.15) is 82.1 Å². The molecule has 5 heteroatoms. The lowest BCUT2D eigenvalue weighted by atomic mass is 10.1. The molecule has 28 heavy (non-hydrogen) atoms. The average Bonchev–Trinajstić information content (AvgIpc) is 3.21. The van der Waals surface area contributed by atoms with Gasteiger partial charge in [-0.05, 0) is 18.6 Å². The van der Waals surface area contributed by atoms with Gasteiger partial charge >= 0.3 is 0 Å². The van der Waals surface area contributed by atoms with Crippen molar-refractivity contribution in [1.82, 2.24) is 4.90 Å². The number of rotatable bonds is 13. The molecule has 0 spiro atoms. The first kappa shape index (κ1) is 22.9. The van der Waals surface area contributed by atoms with E-state index in [9.17, 15) is 4.79 Å². The van der Waals surface area contributed by atoms with Crippen LogP contribution < -0.4 is 9.47 Å². The van der Waals surface area contributed by atoms with Crippen molar-refractivity contribution in [3.63, 3.8) is 0 Å². The molecule has 1 aromatic rings. The highest BCUT2D eigenvalue weighted by Crippen LogP contribution is 2.43. The summed E-state index contributed by atoms with van der Waals surface area (Å²) >= 11 is 1.82. The van der Waals surface area contributed by atoms with Crippen molar-refractivity contribution in [1.29, 1.82) is 0 Å². The molecule has 2 rings (SSSR count). The molecule has 0 radical (unpaired) electrons. The van der Waals surface area contributed by atoms with Gasteiger partial charge in [0.15, 0.2) is 0 Å². The smallest absolute Gasteiger partial charge is 0.223 e. The van der Waals surface area contributed by atoms with E-state index in [1.165, 1.54) is 44.9 Å². The Morgan fingerprint density at radius 3 is 2.36 bits per heavy atom. The van der Waals surface area contributed by atoms with Gasteiger partial charge in [0.1, 0.15) is 16.9 Å². The summed E-state index contributed by atoms with van der Waals surface area (Å²) in [4.78, 5) is 14.8. The predicted molar refractivity (Wildman–Crippen MR) is 118 cm³/mol. The molecule has 0 saturated carbocycles. The Morgan fingerprint density at radius 1 is 1.04 bits per heavy atom. The molecule has 1 amide bonds. The van der Waals surface area contributed by atoms with E-state index in [1.807, 2.05) is 34.9 Å². The topological polar surface area (TPSA) is 38.8 Å². The number of hydrogen-bond acceptors (Lipinski definition) is 4. The predicted octanol–water partition coefficient (Wildman–Crippen LogP) is 6.20. The molecular weight excluding hydrogens is 370 g/mol. The number of nitrogens with zero attached hydrogens (tertiary/aromatic N) is 1. The molecule has 0 N–H and O–H groups in total. The minimum atomic E-state index is 0.0481. The summed E-state index contributed by atoms with van der Waals surface area (Å²) in [5.74, 6) is 2.81. The van der Waals surface area contributed by atoms with Gasteiger partial charge in [0.05, 0.1) is 14.2 Å². The van der Waals surface area contributed by atoms with Crippen molar-refractivity contribution in [3.8, 4) is 11.5 Å². The van der Waals surface area contributed by atoms with E-state index in [4.69, 9.17) is 9.47 Å². The number of carbonyl (C=O) groups is 1. The van der Waals surface area contributed by atoms with Crippen LogP contribution in [0.15, 0.2) is 18.2 Å². The van der Waals surface area contributed by atoms with Gasteiger partial charge in [-0.15, -0.1) is 11.8 Å². The maximum atomic E-state index is 12.8. The second-order valence-corrected chi connectivity index (χ2v) is 8.68. The average molecular weight is 408 g/mol. The molecule has 1 heterocycles. The van der Waals surface area contributed by atoms with Gasteiger partial charge in [-0.2, -0.15) is 0 Å². The minimum absolute atomic E-state index is 0.0481. The largest absolute Gasteiger partial charge is 0.497 e. The molecule has 0 aromatic heterocycles. The zero-order valence-electron chi connectivity index (χ0n) is 17.9. The first-order valence-corrected chi connectivity index (χ1v) is 11.9. The van der Waals surface area contributed by atoms with Crippen LogP contribution in [-0.4, -0.2) is 37.3 Å². The number of methoxy groups -OCH3 is 2. The third-order valence-corrected chi connectivity index (χ3v) is 6.65. The molecule has 1 aliphatic rings. The molecule has 1 saturated heterocycles. The SMILES string of the molecule is CCCCCCCCCCCC(=O)N1CCS[C@H]1c1ccc(OC)cc1OC. The quantitative estimate of drug-likeness (QED) is 0.365. The summed E-state index contributed by atoms with van der Waals surface area (Å²) in [7, 11) is 3.33. The van der Waals surface area contributed by atoms with Crippen LogP contribution in [0.2, 0.25) is 0 Å². The Bertz CT molecular complexity index is 593. The van der Waals surface area contributed by atoms with Crippen LogP contribution >= 0.6 is 11.8 Å². The van der Waals surface area contributed by atoms with Crippen LogP contribution in [0, 0.1) is 0 Å². The van der Waals surface area contributed by atoms with Gasteiger partial charge in [-0.25, -0.2) is 0 Å². The molecule has 0 bridgehead atoms.